The molecular weight excluding hydrogens is 282 g/mol. The summed E-state index contributed by atoms with van der Waals surface area (Å²) in [5.41, 5.74) is 2.38. The van der Waals surface area contributed by atoms with Gasteiger partial charge in [0.15, 0.2) is 0 Å². The molecule has 5 heteroatoms. The molecule has 100 valence electrons. The lowest BCUT2D eigenvalue weighted by Crippen LogP contribution is -1.94. The van der Waals surface area contributed by atoms with E-state index in [1.807, 2.05) is 0 Å². The maximum absolute atomic E-state index is 10.6. The van der Waals surface area contributed by atoms with Crippen molar-refractivity contribution in [2.75, 3.05) is 0 Å². The average Bonchev–Trinajstić information content (AvgIpc) is 2.70. The fourth-order valence-electron chi connectivity index (χ4n) is 1.82. The minimum atomic E-state index is -0.395. The Morgan fingerprint density at radius 2 is 1.95 bits per heavy atom. The first-order valence-corrected chi connectivity index (χ1v) is 7.17. The molecule has 19 heavy (non-hydrogen) atoms. The van der Waals surface area contributed by atoms with Crippen molar-refractivity contribution in [1.29, 1.82) is 0 Å². The van der Waals surface area contributed by atoms with Crippen molar-refractivity contribution in [1.82, 2.24) is 0 Å². The zero-order valence-corrected chi connectivity index (χ0v) is 12.3. The number of thiophene rings is 1. The Morgan fingerprint density at radius 1 is 1.32 bits per heavy atom. The SMILES string of the molecule is Cc1cc(C(Cl)Cc2ccc([N+](=O)[O-])cc2)sc1C. The number of aryl methyl sites for hydroxylation is 2. The van der Waals surface area contributed by atoms with E-state index in [-0.39, 0.29) is 11.1 Å². The van der Waals surface area contributed by atoms with Gasteiger partial charge in [-0.2, -0.15) is 0 Å². The lowest BCUT2D eigenvalue weighted by atomic mass is 10.1. The molecule has 0 saturated carbocycles. The Balaban J connectivity index is 2.10. The van der Waals surface area contributed by atoms with Crippen LogP contribution in [0.25, 0.3) is 0 Å². The van der Waals surface area contributed by atoms with E-state index in [4.69, 9.17) is 11.6 Å². The number of nitro benzene ring substituents is 1. The molecule has 2 rings (SSSR count). The predicted molar refractivity (Wildman–Crippen MR) is 79.2 cm³/mol. The fourth-order valence-corrected chi connectivity index (χ4v) is 3.21. The summed E-state index contributed by atoms with van der Waals surface area (Å²) in [5.74, 6) is 0. The topological polar surface area (TPSA) is 43.1 Å². The van der Waals surface area contributed by atoms with E-state index >= 15 is 0 Å². The number of nitro groups is 1. The number of hydrogen-bond donors (Lipinski definition) is 0. The average molecular weight is 296 g/mol. The number of nitrogens with zero attached hydrogens (tertiary/aromatic N) is 1. The molecule has 0 fully saturated rings. The molecule has 0 N–H and O–H groups in total. The minimum absolute atomic E-state index is 0.0844. The molecule has 1 heterocycles. The van der Waals surface area contributed by atoms with Crippen LogP contribution in [-0.2, 0) is 6.42 Å². The third kappa shape index (κ3) is 3.33. The van der Waals surface area contributed by atoms with Gasteiger partial charge in [-0.15, -0.1) is 22.9 Å². The van der Waals surface area contributed by atoms with E-state index < -0.39 is 4.92 Å². The zero-order valence-electron chi connectivity index (χ0n) is 10.7. The highest BCUT2D eigenvalue weighted by molar-refractivity contribution is 7.12. The van der Waals surface area contributed by atoms with Crippen LogP contribution in [0.15, 0.2) is 30.3 Å². The second-order valence-corrected chi connectivity index (χ2v) is 6.30. The molecule has 0 amide bonds. The summed E-state index contributed by atoms with van der Waals surface area (Å²) >= 11 is 8.11. The molecule has 1 aromatic heterocycles. The van der Waals surface area contributed by atoms with Crippen molar-refractivity contribution < 1.29 is 4.92 Å². The number of alkyl halides is 1. The lowest BCUT2D eigenvalue weighted by molar-refractivity contribution is -0.384. The standard InChI is InChI=1S/C14H14ClNO2S/c1-9-7-14(19-10(9)2)13(15)8-11-3-5-12(6-4-11)16(17)18/h3-7,13H,8H2,1-2H3. The zero-order chi connectivity index (χ0) is 14.0. The summed E-state index contributed by atoms with van der Waals surface area (Å²) in [6.07, 6.45) is 0.680. The van der Waals surface area contributed by atoms with Crippen LogP contribution in [-0.4, -0.2) is 4.92 Å². The molecular formula is C14H14ClNO2S. The normalized spacial score (nSPS) is 12.4. The highest BCUT2D eigenvalue weighted by Gasteiger charge is 2.13. The van der Waals surface area contributed by atoms with E-state index in [2.05, 4.69) is 19.9 Å². The van der Waals surface area contributed by atoms with Crippen LogP contribution in [0.1, 0.15) is 26.3 Å². The van der Waals surface area contributed by atoms with Gasteiger partial charge >= 0.3 is 0 Å². The smallest absolute Gasteiger partial charge is 0.258 e. The summed E-state index contributed by atoms with van der Waals surface area (Å²) in [6.45, 7) is 4.16. The number of benzene rings is 1. The van der Waals surface area contributed by atoms with Crippen LogP contribution in [0.2, 0.25) is 0 Å². The quantitative estimate of drug-likeness (QED) is 0.462. The van der Waals surface area contributed by atoms with Gasteiger partial charge in [0.1, 0.15) is 0 Å². The summed E-state index contributed by atoms with van der Waals surface area (Å²) in [5, 5.41) is 10.5. The predicted octanol–water partition coefficient (Wildman–Crippen LogP) is 4.80. The summed E-state index contributed by atoms with van der Waals surface area (Å²) in [6, 6.07) is 8.68. The largest absolute Gasteiger partial charge is 0.269 e. The molecule has 0 aliphatic carbocycles. The molecule has 0 bridgehead atoms. The molecule has 0 aliphatic heterocycles. The second kappa shape index (κ2) is 5.72. The van der Waals surface area contributed by atoms with Crippen molar-refractivity contribution in [3.05, 3.63) is 61.3 Å². The van der Waals surface area contributed by atoms with Crippen LogP contribution in [0.5, 0.6) is 0 Å². The lowest BCUT2D eigenvalue weighted by Gasteiger charge is -2.07. The maximum Gasteiger partial charge on any atom is 0.269 e. The third-order valence-electron chi connectivity index (χ3n) is 3.06. The summed E-state index contributed by atoms with van der Waals surface area (Å²) in [4.78, 5) is 12.6. The highest BCUT2D eigenvalue weighted by Crippen LogP contribution is 2.33. The molecule has 1 atom stereocenters. The van der Waals surface area contributed by atoms with Crippen LogP contribution in [0, 0.1) is 24.0 Å². The van der Waals surface area contributed by atoms with Crippen LogP contribution in [0.4, 0.5) is 5.69 Å². The van der Waals surface area contributed by atoms with Gasteiger partial charge in [-0.25, -0.2) is 0 Å². The first-order chi connectivity index (χ1) is 8.97. The van der Waals surface area contributed by atoms with Gasteiger partial charge in [-0.1, -0.05) is 12.1 Å². The van der Waals surface area contributed by atoms with Gasteiger partial charge in [0.25, 0.3) is 5.69 Å². The van der Waals surface area contributed by atoms with Crippen molar-refractivity contribution in [2.45, 2.75) is 25.6 Å². The molecule has 0 spiro atoms. The minimum Gasteiger partial charge on any atom is -0.258 e. The first-order valence-electron chi connectivity index (χ1n) is 5.91. The van der Waals surface area contributed by atoms with Crippen LogP contribution >= 0.6 is 22.9 Å². The Labute approximate surface area is 121 Å². The molecule has 0 aliphatic rings. The van der Waals surface area contributed by atoms with E-state index in [0.29, 0.717) is 6.42 Å². The Bertz CT molecular complexity index is 572. The number of non-ortho nitro benzene ring substituents is 1. The Kier molecular flexibility index (Phi) is 4.22. The van der Waals surface area contributed by atoms with E-state index in [1.165, 1.54) is 22.6 Å². The van der Waals surface area contributed by atoms with Gasteiger partial charge in [0.05, 0.1) is 10.3 Å². The number of hydrogen-bond acceptors (Lipinski definition) is 3. The number of rotatable bonds is 4. The molecule has 0 saturated heterocycles. The van der Waals surface area contributed by atoms with E-state index in [0.717, 1.165) is 10.4 Å². The van der Waals surface area contributed by atoms with Gasteiger partial charge in [-0.05, 0) is 37.5 Å². The van der Waals surface area contributed by atoms with Crippen molar-refractivity contribution >= 4 is 28.6 Å². The first kappa shape index (κ1) is 14.0. The molecule has 3 nitrogen and oxygen atoms in total. The van der Waals surface area contributed by atoms with Gasteiger partial charge in [-0.3, -0.25) is 10.1 Å². The van der Waals surface area contributed by atoms with Gasteiger partial charge in [0.2, 0.25) is 0 Å². The van der Waals surface area contributed by atoms with Crippen molar-refractivity contribution in [2.24, 2.45) is 0 Å². The van der Waals surface area contributed by atoms with E-state index in [1.54, 1.807) is 23.5 Å². The third-order valence-corrected chi connectivity index (χ3v) is 4.84. The molecule has 1 unspecified atom stereocenters. The Morgan fingerprint density at radius 3 is 2.42 bits per heavy atom. The highest BCUT2D eigenvalue weighted by atomic mass is 35.5. The monoisotopic (exact) mass is 295 g/mol. The molecule has 2 aromatic rings. The van der Waals surface area contributed by atoms with E-state index in [9.17, 15) is 10.1 Å². The van der Waals surface area contributed by atoms with Crippen molar-refractivity contribution in [3.63, 3.8) is 0 Å². The Hall–Kier alpha value is -1.39. The van der Waals surface area contributed by atoms with Crippen LogP contribution in [0.3, 0.4) is 0 Å². The number of halogens is 1. The summed E-state index contributed by atoms with van der Waals surface area (Å²) < 4.78 is 0. The van der Waals surface area contributed by atoms with Crippen LogP contribution < -0.4 is 0 Å². The summed E-state index contributed by atoms with van der Waals surface area (Å²) in [7, 11) is 0. The maximum atomic E-state index is 10.6. The molecule has 1 aromatic carbocycles. The molecule has 0 radical (unpaired) electrons. The fraction of sp³-hybridized carbons (Fsp3) is 0.286. The van der Waals surface area contributed by atoms with Gasteiger partial charge < -0.3 is 0 Å². The second-order valence-electron chi connectivity index (χ2n) is 4.48. The van der Waals surface area contributed by atoms with Crippen molar-refractivity contribution in [3.8, 4) is 0 Å². The van der Waals surface area contributed by atoms with Gasteiger partial charge in [0, 0.05) is 21.9 Å².